The molecule has 19 heavy (non-hydrogen) atoms. The maximum Gasteiger partial charge on any atom is 0.321 e. The molecule has 0 amide bonds. The SMILES string of the molecule is CC1=CC2C(=O)OC(=O)C2CC1C1CC(=O)OC1=O. The van der Waals surface area contributed by atoms with Gasteiger partial charge in [0.2, 0.25) is 0 Å². The average molecular weight is 264 g/mol. The summed E-state index contributed by atoms with van der Waals surface area (Å²) in [6.45, 7) is 1.80. The molecule has 2 fully saturated rings. The zero-order chi connectivity index (χ0) is 13.7. The molecule has 2 saturated heterocycles. The summed E-state index contributed by atoms with van der Waals surface area (Å²) in [5.74, 6) is -4.01. The Morgan fingerprint density at radius 1 is 0.947 bits per heavy atom. The fourth-order valence-electron chi connectivity index (χ4n) is 3.13. The van der Waals surface area contributed by atoms with E-state index < -0.39 is 41.6 Å². The highest BCUT2D eigenvalue weighted by atomic mass is 16.6. The maximum atomic E-state index is 11.6. The van der Waals surface area contributed by atoms with Crippen molar-refractivity contribution in [2.24, 2.45) is 23.7 Å². The van der Waals surface area contributed by atoms with E-state index in [0.29, 0.717) is 6.42 Å². The van der Waals surface area contributed by atoms with E-state index in [-0.39, 0.29) is 12.3 Å². The second kappa shape index (κ2) is 4.01. The highest BCUT2D eigenvalue weighted by molar-refractivity contribution is 5.98. The number of rotatable bonds is 1. The van der Waals surface area contributed by atoms with Crippen molar-refractivity contribution in [2.45, 2.75) is 19.8 Å². The minimum absolute atomic E-state index is 0.0368. The lowest BCUT2D eigenvalue weighted by Gasteiger charge is -2.29. The van der Waals surface area contributed by atoms with Crippen molar-refractivity contribution < 1.29 is 28.7 Å². The predicted molar refractivity (Wildman–Crippen MR) is 59.1 cm³/mol. The van der Waals surface area contributed by atoms with E-state index in [1.807, 2.05) is 0 Å². The van der Waals surface area contributed by atoms with Crippen molar-refractivity contribution >= 4 is 23.9 Å². The molecule has 0 aromatic heterocycles. The Kier molecular flexibility index (Phi) is 2.55. The summed E-state index contributed by atoms with van der Waals surface area (Å²) in [6.07, 6.45) is 2.07. The molecular weight excluding hydrogens is 252 g/mol. The minimum atomic E-state index is -0.548. The van der Waals surface area contributed by atoms with Crippen molar-refractivity contribution in [3.05, 3.63) is 11.6 Å². The van der Waals surface area contributed by atoms with Crippen molar-refractivity contribution in [2.75, 3.05) is 0 Å². The lowest BCUT2D eigenvalue weighted by molar-refractivity contribution is -0.155. The Morgan fingerprint density at radius 2 is 1.63 bits per heavy atom. The van der Waals surface area contributed by atoms with Crippen LogP contribution in [0.15, 0.2) is 11.6 Å². The topological polar surface area (TPSA) is 86.7 Å². The van der Waals surface area contributed by atoms with Gasteiger partial charge in [-0.25, -0.2) is 0 Å². The predicted octanol–water partition coefficient (Wildman–Crippen LogP) is 0.358. The molecule has 6 nitrogen and oxygen atoms in total. The summed E-state index contributed by atoms with van der Waals surface area (Å²) in [5.41, 5.74) is 0.838. The molecule has 0 spiro atoms. The lowest BCUT2D eigenvalue weighted by Crippen LogP contribution is -2.31. The lowest BCUT2D eigenvalue weighted by atomic mass is 9.71. The van der Waals surface area contributed by atoms with Gasteiger partial charge in [0.1, 0.15) is 0 Å². The van der Waals surface area contributed by atoms with Crippen molar-refractivity contribution in [3.8, 4) is 0 Å². The minimum Gasteiger partial charge on any atom is -0.393 e. The summed E-state index contributed by atoms with van der Waals surface area (Å²) in [6, 6.07) is 0. The molecule has 3 rings (SSSR count). The summed E-state index contributed by atoms with van der Waals surface area (Å²) in [4.78, 5) is 45.8. The Morgan fingerprint density at radius 3 is 2.26 bits per heavy atom. The molecule has 0 aromatic rings. The van der Waals surface area contributed by atoms with Gasteiger partial charge in [-0.1, -0.05) is 11.6 Å². The van der Waals surface area contributed by atoms with Gasteiger partial charge in [-0.2, -0.15) is 0 Å². The van der Waals surface area contributed by atoms with Crippen LogP contribution in [-0.2, 0) is 28.7 Å². The third-order valence-corrected chi connectivity index (χ3v) is 4.13. The average Bonchev–Trinajstić information content (AvgIpc) is 2.79. The van der Waals surface area contributed by atoms with Gasteiger partial charge in [0.05, 0.1) is 24.2 Å². The summed E-state index contributed by atoms with van der Waals surface area (Å²) in [5, 5.41) is 0. The van der Waals surface area contributed by atoms with Gasteiger partial charge in [0.25, 0.3) is 0 Å². The Labute approximate surface area is 108 Å². The molecular formula is C13H12O6. The molecule has 4 atom stereocenters. The molecule has 0 saturated carbocycles. The van der Waals surface area contributed by atoms with Crippen LogP contribution in [0, 0.1) is 23.7 Å². The molecule has 2 aliphatic heterocycles. The second-order valence-electron chi connectivity index (χ2n) is 5.23. The third kappa shape index (κ3) is 1.78. The van der Waals surface area contributed by atoms with Crippen LogP contribution in [0.25, 0.3) is 0 Å². The van der Waals surface area contributed by atoms with Crippen molar-refractivity contribution in [1.29, 1.82) is 0 Å². The van der Waals surface area contributed by atoms with Crippen LogP contribution in [0.2, 0.25) is 0 Å². The van der Waals surface area contributed by atoms with Gasteiger partial charge in [0.15, 0.2) is 0 Å². The Hall–Kier alpha value is -1.98. The first-order chi connectivity index (χ1) is 8.97. The Bertz CT molecular complexity index is 531. The smallest absolute Gasteiger partial charge is 0.321 e. The molecule has 2 heterocycles. The van der Waals surface area contributed by atoms with E-state index in [1.54, 1.807) is 13.0 Å². The number of carbonyl (C=O) groups is 4. The summed E-state index contributed by atoms with van der Waals surface area (Å²) < 4.78 is 9.16. The van der Waals surface area contributed by atoms with Gasteiger partial charge in [-0.05, 0) is 19.3 Å². The fraction of sp³-hybridized carbons (Fsp3) is 0.538. The number of allylic oxidation sites excluding steroid dienone is 1. The van der Waals surface area contributed by atoms with E-state index in [9.17, 15) is 19.2 Å². The molecule has 0 radical (unpaired) electrons. The molecule has 100 valence electrons. The van der Waals surface area contributed by atoms with E-state index in [2.05, 4.69) is 9.47 Å². The molecule has 4 unspecified atom stereocenters. The first-order valence-electron chi connectivity index (χ1n) is 6.15. The van der Waals surface area contributed by atoms with E-state index in [4.69, 9.17) is 0 Å². The van der Waals surface area contributed by atoms with Gasteiger partial charge in [0, 0.05) is 0 Å². The largest absolute Gasteiger partial charge is 0.393 e. The van der Waals surface area contributed by atoms with Crippen LogP contribution in [-0.4, -0.2) is 23.9 Å². The van der Waals surface area contributed by atoms with Crippen LogP contribution >= 0.6 is 0 Å². The molecule has 0 N–H and O–H groups in total. The summed E-state index contributed by atoms with van der Waals surface area (Å²) >= 11 is 0. The first kappa shape index (κ1) is 12.1. The van der Waals surface area contributed by atoms with Crippen LogP contribution in [0.5, 0.6) is 0 Å². The first-order valence-corrected chi connectivity index (χ1v) is 6.15. The molecule has 1 aliphatic carbocycles. The van der Waals surface area contributed by atoms with Gasteiger partial charge < -0.3 is 9.47 Å². The number of hydrogen-bond donors (Lipinski definition) is 0. The molecule has 3 aliphatic rings. The monoisotopic (exact) mass is 264 g/mol. The number of ether oxygens (including phenoxy) is 2. The number of cyclic esters (lactones) is 4. The number of hydrogen-bond acceptors (Lipinski definition) is 6. The quantitative estimate of drug-likeness (QED) is 0.386. The zero-order valence-electron chi connectivity index (χ0n) is 10.3. The van der Waals surface area contributed by atoms with Crippen LogP contribution in [0.3, 0.4) is 0 Å². The van der Waals surface area contributed by atoms with E-state index >= 15 is 0 Å². The van der Waals surface area contributed by atoms with E-state index in [1.165, 1.54) is 0 Å². The zero-order valence-corrected chi connectivity index (χ0v) is 10.3. The normalized spacial score (nSPS) is 37.8. The Balaban J connectivity index is 1.89. The second-order valence-corrected chi connectivity index (χ2v) is 5.23. The van der Waals surface area contributed by atoms with Crippen molar-refractivity contribution in [3.63, 3.8) is 0 Å². The molecule has 0 aromatic carbocycles. The summed E-state index contributed by atoms with van der Waals surface area (Å²) in [7, 11) is 0. The van der Waals surface area contributed by atoms with E-state index in [0.717, 1.165) is 5.57 Å². The fourth-order valence-corrected chi connectivity index (χ4v) is 3.13. The van der Waals surface area contributed by atoms with Crippen LogP contribution < -0.4 is 0 Å². The number of carbonyl (C=O) groups excluding carboxylic acids is 4. The highest BCUT2D eigenvalue weighted by Crippen LogP contribution is 2.43. The van der Waals surface area contributed by atoms with Gasteiger partial charge in [-0.15, -0.1) is 0 Å². The molecule has 0 bridgehead atoms. The number of esters is 4. The third-order valence-electron chi connectivity index (χ3n) is 4.13. The van der Waals surface area contributed by atoms with Crippen LogP contribution in [0.4, 0.5) is 0 Å². The highest BCUT2D eigenvalue weighted by Gasteiger charge is 2.50. The van der Waals surface area contributed by atoms with Gasteiger partial charge >= 0.3 is 23.9 Å². The van der Waals surface area contributed by atoms with Gasteiger partial charge in [-0.3, -0.25) is 19.2 Å². The standard InChI is InChI=1S/C13H12O6/c1-5-2-7-8(13(17)19-12(7)16)3-6(5)9-4-10(14)18-11(9)15/h2,6-9H,3-4H2,1H3. The molecule has 6 heteroatoms. The van der Waals surface area contributed by atoms with Crippen LogP contribution in [0.1, 0.15) is 19.8 Å². The van der Waals surface area contributed by atoms with Crippen molar-refractivity contribution in [1.82, 2.24) is 0 Å². The number of fused-ring (bicyclic) bond motifs is 1. The maximum absolute atomic E-state index is 11.6.